The average molecular weight is 661 g/mol. The molecule has 5 aromatic rings. The molecule has 6 rings (SSSR count). The Morgan fingerprint density at radius 3 is 2.60 bits per heavy atom. The molecule has 0 aliphatic carbocycles. The van der Waals surface area contributed by atoms with Crippen molar-refractivity contribution in [2.45, 2.75) is 46.4 Å². The molecule has 0 fully saturated rings. The Morgan fingerprint density at radius 1 is 1.09 bits per heavy atom. The Labute approximate surface area is 274 Å². The first kappa shape index (κ1) is 30.9. The van der Waals surface area contributed by atoms with Crippen molar-refractivity contribution in [3.8, 4) is 5.75 Å². The third kappa shape index (κ3) is 5.98. The fourth-order valence-corrected chi connectivity index (χ4v) is 7.15. The summed E-state index contributed by atoms with van der Waals surface area (Å²) in [6, 6.07) is 20.2. The molecule has 3 aromatic carbocycles. The molecule has 0 saturated heterocycles. The van der Waals surface area contributed by atoms with Gasteiger partial charge in [0.25, 0.3) is 5.56 Å². The fraction of sp³-hybridized carbons (Fsp3) is 0.229. The molecule has 45 heavy (non-hydrogen) atoms. The number of rotatable bonds is 8. The average Bonchev–Trinajstić information content (AvgIpc) is 3.50. The molecule has 0 amide bonds. The molecule has 0 unspecified atom stereocenters. The fourth-order valence-electron chi connectivity index (χ4n) is 5.65. The molecular weight excluding hydrogens is 629 g/mol. The van der Waals surface area contributed by atoms with Gasteiger partial charge in [0, 0.05) is 44.8 Å². The summed E-state index contributed by atoms with van der Waals surface area (Å²) in [6.07, 6.45) is 3.80. The van der Waals surface area contributed by atoms with E-state index in [0.29, 0.717) is 48.5 Å². The van der Waals surface area contributed by atoms with Crippen LogP contribution in [0.15, 0.2) is 94.0 Å². The second-order valence-electron chi connectivity index (χ2n) is 11.0. The van der Waals surface area contributed by atoms with Gasteiger partial charge in [0.2, 0.25) is 0 Å². The van der Waals surface area contributed by atoms with Gasteiger partial charge in [-0.3, -0.25) is 9.36 Å². The summed E-state index contributed by atoms with van der Waals surface area (Å²) in [5.74, 6) is 0.0776. The predicted octanol–water partition coefficient (Wildman–Crippen LogP) is 6.90. The number of esters is 1. The lowest BCUT2D eigenvalue weighted by Gasteiger charge is -2.26. The third-order valence-corrected chi connectivity index (χ3v) is 9.12. The zero-order chi connectivity index (χ0) is 31.8. The number of aromatic nitrogens is 2. The number of ether oxygens (including phenoxy) is 2. The molecule has 1 aliphatic rings. The van der Waals surface area contributed by atoms with E-state index in [1.54, 1.807) is 24.5 Å². The number of allylic oxidation sites excluding steroid dienone is 1. The van der Waals surface area contributed by atoms with E-state index in [1.807, 2.05) is 86.8 Å². The molecular formula is C35H31Cl2N3O4S. The molecule has 230 valence electrons. The molecule has 7 nitrogen and oxygen atoms in total. The minimum Gasteiger partial charge on any atom is -0.491 e. The first-order chi connectivity index (χ1) is 21.7. The SMILES string of the molecule is CCOC(=O)C1=C(C)N=c2s/c(=C\c3cn(Cc4ccc(Cl)cc4Cl)c4ccccc34)c(=O)n2[C@@H]1c1ccccc1OC(C)C. The molecule has 10 heteroatoms. The van der Waals surface area contributed by atoms with E-state index in [0.717, 1.165) is 22.0 Å². The number of para-hydroxylation sites is 2. The van der Waals surface area contributed by atoms with Gasteiger partial charge in [0.05, 0.1) is 28.5 Å². The van der Waals surface area contributed by atoms with Crippen LogP contribution in [0.4, 0.5) is 0 Å². The normalized spacial score (nSPS) is 15.0. The van der Waals surface area contributed by atoms with Crippen molar-refractivity contribution in [1.29, 1.82) is 0 Å². The second-order valence-corrected chi connectivity index (χ2v) is 12.8. The number of carbonyl (C=O) groups is 1. The highest BCUT2D eigenvalue weighted by molar-refractivity contribution is 7.07. The van der Waals surface area contributed by atoms with Gasteiger partial charge in [0.1, 0.15) is 11.8 Å². The van der Waals surface area contributed by atoms with Crippen LogP contribution in [0.3, 0.4) is 0 Å². The van der Waals surface area contributed by atoms with Gasteiger partial charge < -0.3 is 14.0 Å². The molecule has 0 saturated carbocycles. The van der Waals surface area contributed by atoms with Crippen LogP contribution in [0.25, 0.3) is 17.0 Å². The minimum atomic E-state index is -0.772. The number of fused-ring (bicyclic) bond motifs is 2. The summed E-state index contributed by atoms with van der Waals surface area (Å²) < 4.78 is 15.8. The Balaban J connectivity index is 1.53. The zero-order valence-electron chi connectivity index (χ0n) is 25.2. The standard InChI is InChI=1S/C35H31Cl2N3O4S/c1-5-43-34(42)31-21(4)38-35-40(32(31)26-11-7-9-13-29(26)44-20(2)3)33(41)30(45-35)16-23-19-39(28-12-8-6-10-25(23)28)18-22-14-15-24(36)17-27(22)37/h6-17,19-20,32H,5,18H2,1-4H3/b30-16-/t32-/m1/s1. The summed E-state index contributed by atoms with van der Waals surface area (Å²) in [5, 5.41) is 2.16. The topological polar surface area (TPSA) is 74.8 Å². The van der Waals surface area contributed by atoms with E-state index in [4.69, 9.17) is 37.7 Å². The van der Waals surface area contributed by atoms with Crippen LogP contribution in [-0.2, 0) is 16.1 Å². The van der Waals surface area contributed by atoms with Gasteiger partial charge in [-0.2, -0.15) is 0 Å². The summed E-state index contributed by atoms with van der Waals surface area (Å²) in [6.45, 7) is 8.13. The van der Waals surface area contributed by atoms with Crippen LogP contribution in [0.1, 0.15) is 50.4 Å². The van der Waals surface area contributed by atoms with Gasteiger partial charge in [-0.05, 0) is 63.6 Å². The number of nitrogens with zero attached hydrogens (tertiary/aromatic N) is 3. The summed E-state index contributed by atoms with van der Waals surface area (Å²) in [5.41, 5.74) is 4.05. The lowest BCUT2D eigenvalue weighted by molar-refractivity contribution is -0.139. The maximum atomic E-state index is 14.3. The minimum absolute atomic E-state index is 0.113. The molecule has 0 spiro atoms. The highest BCUT2D eigenvalue weighted by Gasteiger charge is 2.35. The molecule has 3 heterocycles. The van der Waals surface area contributed by atoms with E-state index >= 15 is 0 Å². The van der Waals surface area contributed by atoms with Gasteiger partial charge in [-0.15, -0.1) is 0 Å². The number of halogens is 2. The highest BCUT2D eigenvalue weighted by Crippen LogP contribution is 2.36. The largest absolute Gasteiger partial charge is 0.491 e. The van der Waals surface area contributed by atoms with Gasteiger partial charge >= 0.3 is 5.97 Å². The molecule has 0 radical (unpaired) electrons. The van der Waals surface area contributed by atoms with E-state index in [2.05, 4.69) is 4.57 Å². The van der Waals surface area contributed by atoms with E-state index in [-0.39, 0.29) is 18.3 Å². The first-order valence-electron chi connectivity index (χ1n) is 14.6. The van der Waals surface area contributed by atoms with Gasteiger partial charge in [0.15, 0.2) is 4.80 Å². The van der Waals surface area contributed by atoms with Crippen LogP contribution in [0.5, 0.6) is 5.75 Å². The van der Waals surface area contributed by atoms with Crippen LogP contribution < -0.4 is 19.6 Å². The van der Waals surface area contributed by atoms with Gasteiger partial charge in [-0.1, -0.05) is 77.0 Å². The molecule has 2 aromatic heterocycles. The van der Waals surface area contributed by atoms with E-state index in [9.17, 15) is 9.59 Å². The lowest BCUT2D eigenvalue weighted by Crippen LogP contribution is -2.40. The van der Waals surface area contributed by atoms with Crippen molar-refractivity contribution in [2.24, 2.45) is 4.99 Å². The Kier molecular flexibility index (Phi) is 8.73. The zero-order valence-corrected chi connectivity index (χ0v) is 27.5. The molecule has 0 bridgehead atoms. The van der Waals surface area contributed by atoms with Crippen LogP contribution in [0.2, 0.25) is 10.0 Å². The Morgan fingerprint density at radius 2 is 1.84 bits per heavy atom. The Hall–Kier alpha value is -4.11. The monoisotopic (exact) mass is 659 g/mol. The Bertz CT molecular complexity index is 2160. The summed E-state index contributed by atoms with van der Waals surface area (Å²) in [4.78, 5) is 32.9. The third-order valence-electron chi connectivity index (χ3n) is 7.56. The number of hydrogen-bond donors (Lipinski definition) is 0. The maximum absolute atomic E-state index is 14.3. The van der Waals surface area contributed by atoms with Crippen LogP contribution in [-0.4, -0.2) is 27.8 Å². The lowest BCUT2D eigenvalue weighted by atomic mass is 9.95. The van der Waals surface area contributed by atoms with Gasteiger partial charge in [-0.25, -0.2) is 9.79 Å². The molecule has 0 N–H and O–H groups in total. The summed E-state index contributed by atoms with van der Waals surface area (Å²) >= 11 is 13.9. The van der Waals surface area contributed by atoms with Crippen molar-refractivity contribution < 1.29 is 14.3 Å². The number of carbonyl (C=O) groups excluding carboxylic acids is 1. The number of benzene rings is 3. The van der Waals surface area contributed by atoms with Crippen molar-refractivity contribution >= 4 is 57.5 Å². The highest BCUT2D eigenvalue weighted by atomic mass is 35.5. The van der Waals surface area contributed by atoms with Crippen molar-refractivity contribution in [1.82, 2.24) is 9.13 Å². The second kappa shape index (κ2) is 12.7. The summed E-state index contributed by atoms with van der Waals surface area (Å²) in [7, 11) is 0. The smallest absolute Gasteiger partial charge is 0.338 e. The van der Waals surface area contributed by atoms with E-state index < -0.39 is 12.0 Å². The van der Waals surface area contributed by atoms with Crippen molar-refractivity contribution in [2.75, 3.05) is 6.61 Å². The number of hydrogen-bond acceptors (Lipinski definition) is 6. The van der Waals surface area contributed by atoms with Crippen LogP contribution >= 0.6 is 34.5 Å². The van der Waals surface area contributed by atoms with Crippen molar-refractivity contribution in [3.05, 3.63) is 131 Å². The quantitative estimate of drug-likeness (QED) is 0.170. The maximum Gasteiger partial charge on any atom is 0.338 e. The predicted molar refractivity (Wildman–Crippen MR) is 180 cm³/mol. The van der Waals surface area contributed by atoms with Crippen molar-refractivity contribution in [3.63, 3.8) is 0 Å². The molecule has 1 aliphatic heterocycles. The molecule has 1 atom stereocenters. The van der Waals surface area contributed by atoms with Crippen LogP contribution in [0, 0.1) is 0 Å². The van der Waals surface area contributed by atoms with E-state index in [1.165, 1.54) is 11.3 Å². The first-order valence-corrected chi connectivity index (χ1v) is 16.2. The number of thiazole rings is 1.